The number of nitrogens with zero attached hydrogens (tertiary/aromatic N) is 4. The van der Waals surface area contributed by atoms with Crippen LogP contribution in [0.15, 0.2) is 77.3 Å². The molecule has 2 amide bonds. The summed E-state index contributed by atoms with van der Waals surface area (Å²) in [6.45, 7) is 2.38. The zero-order valence-corrected chi connectivity index (χ0v) is 24.2. The van der Waals surface area contributed by atoms with Crippen LogP contribution >= 0.6 is 15.9 Å². The Morgan fingerprint density at radius 2 is 1.68 bits per heavy atom. The minimum Gasteiger partial charge on any atom is -0.388 e. The van der Waals surface area contributed by atoms with Crippen molar-refractivity contribution in [3.8, 4) is 0 Å². The Hall–Kier alpha value is -3.56. The van der Waals surface area contributed by atoms with E-state index in [4.69, 9.17) is 0 Å². The molecule has 0 unspecified atom stereocenters. The van der Waals surface area contributed by atoms with Crippen LogP contribution in [0.25, 0.3) is 0 Å². The lowest BCUT2D eigenvalue weighted by Crippen LogP contribution is -2.40. The summed E-state index contributed by atoms with van der Waals surface area (Å²) in [4.78, 5) is 15.5. The van der Waals surface area contributed by atoms with E-state index >= 15 is 0 Å². The molecule has 3 aromatic carbocycles. The number of carbonyl (C=O) groups is 1. The number of aliphatic hydroxyl groups is 1. The third kappa shape index (κ3) is 7.14. The van der Waals surface area contributed by atoms with Crippen LogP contribution in [0.3, 0.4) is 0 Å². The van der Waals surface area contributed by atoms with Gasteiger partial charge in [-0.15, -0.1) is 10.2 Å². The number of aromatic nitrogens is 4. The SMILES string of the molecule is C[C@@H](NC(=O)N(Cc1ccc([C@H](O)Cc2nn[nH]n2)cc1)c1ccc(C2CCCCC2)cc1)c1ccc(Br)cc1. The first-order valence-corrected chi connectivity index (χ1v) is 14.7. The molecule has 1 heterocycles. The maximum Gasteiger partial charge on any atom is 0.322 e. The van der Waals surface area contributed by atoms with Crippen LogP contribution in [-0.4, -0.2) is 31.8 Å². The molecule has 1 fully saturated rings. The number of anilines is 1. The smallest absolute Gasteiger partial charge is 0.322 e. The zero-order valence-electron chi connectivity index (χ0n) is 22.6. The number of H-pyrrole nitrogens is 1. The summed E-state index contributed by atoms with van der Waals surface area (Å²) in [6, 6.07) is 23.8. The highest BCUT2D eigenvalue weighted by atomic mass is 79.9. The molecule has 4 aromatic rings. The molecule has 1 aromatic heterocycles. The Labute approximate surface area is 243 Å². The third-order valence-electron chi connectivity index (χ3n) is 7.71. The van der Waals surface area contributed by atoms with Crippen LogP contribution in [0.5, 0.6) is 0 Å². The van der Waals surface area contributed by atoms with Crippen molar-refractivity contribution in [2.24, 2.45) is 0 Å². The first kappa shape index (κ1) is 28.0. The monoisotopic (exact) mass is 602 g/mol. The number of hydrogen-bond donors (Lipinski definition) is 3. The summed E-state index contributed by atoms with van der Waals surface area (Å²) in [6.07, 6.45) is 5.89. The molecule has 0 radical (unpaired) electrons. The number of benzene rings is 3. The fourth-order valence-electron chi connectivity index (χ4n) is 5.33. The summed E-state index contributed by atoms with van der Waals surface area (Å²) >= 11 is 3.48. The van der Waals surface area contributed by atoms with Crippen LogP contribution in [0.4, 0.5) is 10.5 Å². The second-order valence-corrected chi connectivity index (χ2v) is 11.4. The summed E-state index contributed by atoms with van der Waals surface area (Å²) in [5, 5.41) is 27.5. The van der Waals surface area contributed by atoms with Gasteiger partial charge in [0.2, 0.25) is 0 Å². The van der Waals surface area contributed by atoms with Gasteiger partial charge in [0.25, 0.3) is 0 Å². The van der Waals surface area contributed by atoms with Gasteiger partial charge < -0.3 is 10.4 Å². The van der Waals surface area contributed by atoms with E-state index in [1.165, 1.54) is 37.7 Å². The van der Waals surface area contributed by atoms with Gasteiger partial charge in [-0.05, 0) is 72.2 Å². The third-order valence-corrected chi connectivity index (χ3v) is 8.24. The number of aromatic amines is 1. The first-order valence-electron chi connectivity index (χ1n) is 13.9. The van der Waals surface area contributed by atoms with E-state index in [9.17, 15) is 9.90 Å². The molecule has 3 N–H and O–H groups in total. The summed E-state index contributed by atoms with van der Waals surface area (Å²) in [5.74, 6) is 1.06. The van der Waals surface area contributed by atoms with Crippen LogP contribution in [0, 0.1) is 0 Å². The van der Waals surface area contributed by atoms with Crippen LogP contribution < -0.4 is 10.2 Å². The lowest BCUT2D eigenvalue weighted by atomic mass is 9.84. The van der Waals surface area contributed by atoms with Crippen molar-refractivity contribution in [2.75, 3.05) is 4.90 Å². The van der Waals surface area contributed by atoms with Crippen LogP contribution in [0.2, 0.25) is 0 Å². The predicted molar refractivity (Wildman–Crippen MR) is 159 cm³/mol. The number of amides is 2. The van der Waals surface area contributed by atoms with Gasteiger partial charge in [-0.3, -0.25) is 4.90 Å². The number of tetrazole rings is 1. The molecule has 1 aliphatic rings. The van der Waals surface area contributed by atoms with Crippen LogP contribution in [-0.2, 0) is 13.0 Å². The Kier molecular flexibility index (Phi) is 9.23. The highest BCUT2D eigenvalue weighted by molar-refractivity contribution is 9.10. The maximum atomic E-state index is 13.7. The number of urea groups is 1. The Balaban J connectivity index is 1.33. The molecule has 5 rings (SSSR count). The summed E-state index contributed by atoms with van der Waals surface area (Å²) in [5.41, 5.74) is 4.95. The van der Waals surface area contributed by atoms with Crippen molar-refractivity contribution in [1.82, 2.24) is 25.9 Å². The van der Waals surface area contributed by atoms with Crippen molar-refractivity contribution in [2.45, 2.75) is 70.1 Å². The normalized spacial score (nSPS) is 15.4. The van der Waals surface area contributed by atoms with Gasteiger partial charge in [0.05, 0.1) is 18.7 Å². The molecule has 0 spiro atoms. The van der Waals surface area contributed by atoms with E-state index in [-0.39, 0.29) is 18.5 Å². The second-order valence-electron chi connectivity index (χ2n) is 10.5. The maximum absolute atomic E-state index is 13.7. The Morgan fingerprint density at radius 1 is 1.00 bits per heavy atom. The molecule has 40 heavy (non-hydrogen) atoms. The van der Waals surface area contributed by atoms with Gasteiger partial charge >= 0.3 is 6.03 Å². The highest BCUT2D eigenvalue weighted by Crippen LogP contribution is 2.33. The van der Waals surface area contributed by atoms with Crippen LogP contribution in [0.1, 0.15) is 85.2 Å². The van der Waals surface area contributed by atoms with E-state index < -0.39 is 6.10 Å². The van der Waals surface area contributed by atoms with E-state index in [0.717, 1.165) is 26.9 Å². The number of carbonyl (C=O) groups excluding carboxylic acids is 1. The lowest BCUT2D eigenvalue weighted by molar-refractivity contribution is 0.176. The molecule has 0 saturated heterocycles. The van der Waals surface area contributed by atoms with E-state index in [2.05, 4.69) is 66.1 Å². The Morgan fingerprint density at radius 3 is 2.33 bits per heavy atom. The minimum atomic E-state index is -0.745. The number of rotatable bonds is 9. The molecule has 1 aliphatic carbocycles. The molecular formula is C31H35BrN6O2. The molecule has 0 aliphatic heterocycles. The largest absolute Gasteiger partial charge is 0.388 e. The van der Waals surface area contributed by atoms with Crippen molar-refractivity contribution >= 4 is 27.6 Å². The van der Waals surface area contributed by atoms with Gasteiger partial charge in [-0.2, -0.15) is 5.21 Å². The highest BCUT2D eigenvalue weighted by Gasteiger charge is 2.21. The van der Waals surface area contributed by atoms with Gasteiger partial charge in [0, 0.05) is 16.6 Å². The summed E-state index contributed by atoms with van der Waals surface area (Å²) in [7, 11) is 0. The fourth-order valence-corrected chi connectivity index (χ4v) is 5.59. The molecule has 1 saturated carbocycles. The molecule has 9 heteroatoms. The van der Waals surface area contributed by atoms with Crippen molar-refractivity contribution in [3.63, 3.8) is 0 Å². The first-order chi connectivity index (χ1) is 19.5. The van der Waals surface area contributed by atoms with E-state index in [1.54, 1.807) is 4.90 Å². The molecule has 2 atom stereocenters. The van der Waals surface area contributed by atoms with Gasteiger partial charge in [0.15, 0.2) is 5.82 Å². The second kappa shape index (κ2) is 13.2. The number of aliphatic hydroxyl groups excluding tert-OH is 1. The average molecular weight is 604 g/mol. The zero-order chi connectivity index (χ0) is 27.9. The van der Waals surface area contributed by atoms with E-state index in [0.29, 0.717) is 18.3 Å². The quantitative estimate of drug-likeness (QED) is 0.196. The molecule has 208 valence electrons. The lowest BCUT2D eigenvalue weighted by Gasteiger charge is -2.27. The fraction of sp³-hybridized carbons (Fsp3) is 0.355. The van der Waals surface area contributed by atoms with Gasteiger partial charge in [-0.1, -0.05) is 88.9 Å². The van der Waals surface area contributed by atoms with E-state index in [1.807, 2.05) is 55.5 Å². The molecule has 0 bridgehead atoms. The predicted octanol–water partition coefficient (Wildman–Crippen LogP) is 6.76. The standard InChI is InChI=1S/C31H35BrN6O2/c1-21(23-11-15-27(32)16-12-23)33-31(40)38(28-17-13-25(14-18-28)24-5-3-2-4-6-24)20-22-7-9-26(10-8-22)29(39)19-30-34-36-37-35-30/h7-18,21,24,29,39H,2-6,19-20H2,1H3,(H,33,40)(H,34,35,36,37)/t21-,29-/m1/s1. The Bertz CT molecular complexity index is 1350. The molecule has 8 nitrogen and oxygen atoms in total. The number of halogens is 1. The van der Waals surface area contributed by atoms with Crippen molar-refractivity contribution in [3.05, 3.63) is 105 Å². The number of nitrogens with one attached hydrogen (secondary N) is 2. The van der Waals surface area contributed by atoms with Gasteiger partial charge in [-0.25, -0.2) is 4.79 Å². The van der Waals surface area contributed by atoms with Gasteiger partial charge in [0.1, 0.15) is 0 Å². The minimum absolute atomic E-state index is 0.160. The number of hydrogen-bond acceptors (Lipinski definition) is 5. The summed E-state index contributed by atoms with van der Waals surface area (Å²) < 4.78 is 1.00. The average Bonchev–Trinajstić information content (AvgIpc) is 3.50. The topological polar surface area (TPSA) is 107 Å². The van der Waals surface area contributed by atoms with Crippen molar-refractivity contribution < 1.29 is 9.90 Å². The molecular weight excluding hydrogens is 568 g/mol. The van der Waals surface area contributed by atoms with Crippen molar-refractivity contribution in [1.29, 1.82) is 0 Å².